The van der Waals surface area contributed by atoms with Crippen LogP contribution in [0.15, 0.2) is 12.1 Å². The smallest absolute Gasteiger partial charge is 0.335 e. The highest BCUT2D eigenvalue weighted by Crippen LogP contribution is 2.24. The van der Waals surface area contributed by atoms with E-state index in [2.05, 4.69) is 11.9 Å². The fraction of sp³-hybridized carbons (Fsp3) is 0.600. The zero-order valence-corrected chi connectivity index (χ0v) is 12.2. The van der Waals surface area contributed by atoms with E-state index in [9.17, 15) is 4.79 Å². The molecule has 0 unspecified atom stereocenters. The van der Waals surface area contributed by atoms with E-state index >= 15 is 0 Å². The van der Waals surface area contributed by atoms with Crippen LogP contribution in [-0.4, -0.2) is 22.7 Å². The summed E-state index contributed by atoms with van der Waals surface area (Å²) in [6.07, 6.45) is 3.18. The van der Waals surface area contributed by atoms with E-state index in [0.717, 1.165) is 25.0 Å². The van der Waals surface area contributed by atoms with Gasteiger partial charge in [0.25, 0.3) is 0 Å². The Hall–Kier alpha value is -1.58. The van der Waals surface area contributed by atoms with Gasteiger partial charge in [0, 0.05) is 11.5 Å². The molecule has 0 aromatic carbocycles. The number of rotatable bonds is 6. The van der Waals surface area contributed by atoms with E-state index in [0.29, 0.717) is 12.5 Å². The number of carboxylic acids is 1. The number of aromatic carboxylic acids is 1. The summed E-state index contributed by atoms with van der Waals surface area (Å²) in [5.74, 6) is -0.549. The summed E-state index contributed by atoms with van der Waals surface area (Å²) in [6.45, 7) is 8.71. The minimum atomic E-state index is -0.952. The van der Waals surface area contributed by atoms with Gasteiger partial charge in [-0.2, -0.15) is 0 Å². The van der Waals surface area contributed by atoms with E-state index in [1.165, 1.54) is 6.07 Å². The van der Waals surface area contributed by atoms with Crippen molar-refractivity contribution < 1.29 is 14.6 Å². The van der Waals surface area contributed by atoms with Gasteiger partial charge in [0.05, 0.1) is 17.9 Å². The SMILES string of the molecule is CCCCCOc1cc(C(=O)O)cc(C(C)(C)C)n1. The molecular formula is C15H23NO3. The molecule has 0 saturated heterocycles. The first-order chi connectivity index (χ1) is 8.84. The Bertz CT molecular complexity index is 436. The molecule has 0 bridgehead atoms. The van der Waals surface area contributed by atoms with Gasteiger partial charge in [-0.3, -0.25) is 0 Å². The first-order valence-corrected chi connectivity index (χ1v) is 6.73. The van der Waals surface area contributed by atoms with Gasteiger partial charge in [0.1, 0.15) is 0 Å². The largest absolute Gasteiger partial charge is 0.478 e. The number of carboxylic acid groups (broad SMARTS) is 1. The topological polar surface area (TPSA) is 59.4 Å². The Balaban J connectivity index is 2.91. The zero-order chi connectivity index (χ0) is 14.5. The van der Waals surface area contributed by atoms with Gasteiger partial charge in [0.2, 0.25) is 5.88 Å². The van der Waals surface area contributed by atoms with Crippen LogP contribution in [0.25, 0.3) is 0 Å². The van der Waals surface area contributed by atoms with Crippen molar-refractivity contribution in [3.63, 3.8) is 0 Å². The number of hydrogen-bond acceptors (Lipinski definition) is 3. The summed E-state index contributed by atoms with van der Waals surface area (Å²) in [5.41, 5.74) is 0.760. The maximum absolute atomic E-state index is 11.1. The molecule has 0 radical (unpaired) electrons. The molecule has 0 fully saturated rings. The lowest BCUT2D eigenvalue weighted by molar-refractivity contribution is 0.0696. The molecule has 1 heterocycles. The van der Waals surface area contributed by atoms with Crippen LogP contribution in [-0.2, 0) is 5.41 Å². The van der Waals surface area contributed by atoms with Crippen molar-refractivity contribution in [1.29, 1.82) is 0 Å². The lowest BCUT2D eigenvalue weighted by Gasteiger charge is -2.19. The second-order valence-corrected chi connectivity index (χ2v) is 5.69. The zero-order valence-electron chi connectivity index (χ0n) is 12.2. The van der Waals surface area contributed by atoms with Gasteiger partial charge in [-0.25, -0.2) is 9.78 Å². The van der Waals surface area contributed by atoms with Crippen LogP contribution in [0.3, 0.4) is 0 Å². The van der Waals surface area contributed by atoms with Crippen LogP contribution in [0, 0.1) is 0 Å². The quantitative estimate of drug-likeness (QED) is 0.798. The second-order valence-electron chi connectivity index (χ2n) is 5.69. The highest BCUT2D eigenvalue weighted by Gasteiger charge is 2.19. The van der Waals surface area contributed by atoms with Crippen molar-refractivity contribution in [2.24, 2.45) is 0 Å². The highest BCUT2D eigenvalue weighted by atomic mass is 16.5. The van der Waals surface area contributed by atoms with E-state index in [4.69, 9.17) is 9.84 Å². The predicted molar refractivity (Wildman–Crippen MR) is 74.9 cm³/mol. The van der Waals surface area contributed by atoms with Crippen LogP contribution in [0.2, 0.25) is 0 Å². The van der Waals surface area contributed by atoms with Gasteiger partial charge in [-0.05, 0) is 12.5 Å². The molecule has 0 aliphatic rings. The molecule has 0 saturated carbocycles. The number of aromatic nitrogens is 1. The first kappa shape index (κ1) is 15.5. The molecule has 1 aromatic heterocycles. The van der Waals surface area contributed by atoms with Gasteiger partial charge in [-0.1, -0.05) is 40.5 Å². The van der Waals surface area contributed by atoms with Gasteiger partial charge in [0.15, 0.2) is 0 Å². The molecule has 0 spiro atoms. The van der Waals surface area contributed by atoms with Crippen molar-refractivity contribution in [3.05, 3.63) is 23.4 Å². The molecule has 0 aliphatic heterocycles. The number of carbonyl (C=O) groups is 1. The molecule has 1 rings (SSSR count). The van der Waals surface area contributed by atoms with E-state index in [-0.39, 0.29) is 11.0 Å². The van der Waals surface area contributed by atoms with Crippen LogP contribution in [0.1, 0.15) is 63.0 Å². The molecule has 0 aliphatic carbocycles. The lowest BCUT2D eigenvalue weighted by Crippen LogP contribution is -2.16. The third-order valence-corrected chi connectivity index (χ3v) is 2.82. The molecule has 19 heavy (non-hydrogen) atoms. The first-order valence-electron chi connectivity index (χ1n) is 6.73. The van der Waals surface area contributed by atoms with Crippen LogP contribution >= 0.6 is 0 Å². The molecular weight excluding hydrogens is 242 g/mol. The third-order valence-electron chi connectivity index (χ3n) is 2.82. The third kappa shape index (κ3) is 4.89. The fourth-order valence-electron chi connectivity index (χ4n) is 1.62. The summed E-state index contributed by atoms with van der Waals surface area (Å²) >= 11 is 0. The number of unbranched alkanes of at least 4 members (excludes halogenated alkanes) is 2. The predicted octanol–water partition coefficient (Wildman–Crippen LogP) is 3.65. The van der Waals surface area contributed by atoms with Crippen molar-refractivity contribution in [2.75, 3.05) is 6.61 Å². The van der Waals surface area contributed by atoms with Crippen LogP contribution in [0.4, 0.5) is 0 Å². The maximum Gasteiger partial charge on any atom is 0.335 e. The number of hydrogen-bond donors (Lipinski definition) is 1. The molecule has 1 aromatic rings. The molecule has 4 nitrogen and oxygen atoms in total. The molecule has 4 heteroatoms. The number of ether oxygens (including phenoxy) is 1. The van der Waals surface area contributed by atoms with E-state index in [1.807, 2.05) is 20.8 Å². The standard InChI is InChI=1S/C15H23NO3/c1-5-6-7-8-19-13-10-11(14(17)18)9-12(16-13)15(2,3)4/h9-10H,5-8H2,1-4H3,(H,17,18). The summed E-state index contributed by atoms with van der Waals surface area (Å²) in [7, 11) is 0. The normalized spacial score (nSPS) is 11.4. The van der Waals surface area contributed by atoms with Crippen molar-refractivity contribution in [1.82, 2.24) is 4.98 Å². The summed E-state index contributed by atoms with van der Waals surface area (Å²) < 4.78 is 5.56. The van der Waals surface area contributed by atoms with E-state index < -0.39 is 5.97 Å². The van der Waals surface area contributed by atoms with Crippen molar-refractivity contribution in [2.45, 2.75) is 52.4 Å². The van der Waals surface area contributed by atoms with Crippen LogP contribution in [0.5, 0.6) is 5.88 Å². The molecule has 0 amide bonds. The number of pyridine rings is 1. The van der Waals surface area contributed by atoms with Gasteiger partial charge in [-0.15, -0.1) is 0 Å². The van der Waals surface area contributed by atoms with Crippen molar-refractivity contribution in [3.8, 4) is 5.88 Å². The van der Waals surface area contributed by atoms with E-state index in [1.54, 1.807) is 6.07 Å². The van der Waals surface area contributed by atoms with Crippen molar-refractivity contribution >= 4 is 5.97 Å². The molecule has 1 N–H and O–H groups in total. The van der Waals surface area contributed by atoms with Gasteiger partial charge >= 0.3 is 5.97 Å². The second kappa shape index (κ2) is 6.55. The molecule has 0 atom stereocenters. The average molecular weight is 265 g/mol. The Labute approximate surface area is 114 Å². The lowest BCUT2D eigenvalue weighted by atomic mass is 9.91. The Morgan fingerprint density at radius 1 is 1.32 bits per heavy atom. The monoisotopic (exact) mass is 265 g/mol. The molecule has 106 valence electrons. The summed E-state index contributed by atoms with van der Waals surface area (Å²) in [4.78, 5) is 15.5. The summed E-state index contributed by atoms with van der Waals surface area (Å²) in [5, 5.41) is 9.13. The maximum atomic E-state index is 11.1. The Kier molecular flexibility index (Phi) is 5.33. The Morgan fingerprint density at radius 2 is 2.00 bits per heavy atom. The summed E-state index contributed by atoms with van der Waals surface area (Å²) in [6, 6.07) is 3.10. The Morgan fingerprint density at radius 3 is 2.53 bits per heavy atom. The highest BCUT2D eigenvalue weighted by molar-refractivity contribution is 5.88. The minimum Gasteiger partial charge on any atom is -0.478 e. The number of nitrogens with zero attached hydrogens (tertiary/aromatic N) is 1. The van der Waals surface area contributed by atoms with Crippen LogP contribution < -0.4 is 4.74 Å². The minimum absolute atomic E-state index is 0.201. The fourth-order valence-corrected chi connectivity index (χ4v) is 1.62. The average Bonchev–Trinajstić information content (AvgIpc) is 2.33. The van der Waals surface area contributed by atoms with Gasteiger partial charge < -0.3 is 9.84 Å².